The fourth-order valence-corrected chi connectivity index (χ4v) is 4.94. The molecule has 3 amide bonds. The maximum Gasteiger partial charge on any atom is 1.00 e. The van der Waals surface area contributed by atoms with Gasteiger partial charge in [-0.25, -0.2) is 4.79 Å². The van der Waals surface area contributed by atoms with Crippen LogP contribution in [0.1, 0.15) is 19.4 Å². The van der Waals surface area contributed by atoms with E-state index in [1.807, 2.05) is 0 Å². The van der Waals surface area contributed by atoms with E-state index in [9.17, 15) is 29.1 Å². The second-order valence-electron chi connectivity index (χ2n) is 7.22. The molecular weight excluding hydrogens is 477 g/mol. The predicted octanol–water partition coefficient (Wildman–Crippen LogP) is -3.73. The standard InChI is InChI=1S/C21H23N3O8S.Na/c1-3-31-20(30)23-21(22-15(26)9-13-7-5-4-6-8-13)18(29)24-16(17(27)28)14(10-32-12(2)25)11-33-19(21)24;/h4-8,19H,3,9-11H2,1-2H3,(H,22,26)(H,23,30)(H,27,28);/q;+1/p-1/t19-,21+;/m1./s1. The van der Waals surface area contributed by atoms with Crippen LogP contribution in [-0.2, 0) is 35.1 Å². The zero-order valence-corrected chi connectivity index (χ0v) is 21.7. The largest absolute Gasteiger partial charge is 1.00 e. The van der Waals surface area contributed by atoms with Gasteiger partial charge in [-0.3, -0.25) is 24.6 Å². The zero-order valence-electron chi connectivity index (χ0n) is 18.9. The van der Waals surface area contributed by atoms with Crippen LogP contribution in [0.5, 0.6) is 0 Å². The molecule has 1 aromatic carbocycles. The summed E-state index contributed by atoms with van der Waals surface area (Å²) in [5.41, 5.74) is -1.53. The van der Waals surface area contributed by atoms with Crippen molar-refractivity contribution in [2.24, 2.45) is 0 Å². The van der Waals surface area contributed by atoms with Gasteiger partial charge < -0.3 is 24.7 Å². The minimum atomic E-state index is -1.92. The molecule has 176 valence electrons. The number of carbonyl (C=O) groups excluding carboxylic acids is 5. The van der Waals surface area contributed by atoms with Crippen molar-refractivity contribution in [2.75, 3.05) is 19.0 Å². The maximum absolute atomic E-state index is 13.2. The molecule has 2 atom stereocenters. The van der Waals surface area contributed by atoms with E-state index in [0.29, 0.717) is 5.56 Å². The molecule has 34 heavy (non-hydrogen) atoms. The first-order valence-electron chi connectivity index (χ1n) is 10.0. The number of nitrogens with one attached hydrogen (secondary N) is 2. The van der Waals surface area contributed by atoms with E-state index >= 15 is 0 Å². The summed E-state index contributed by atoms with van der Waals surface area (Å²) in [6.45, 7) is 2.43. The monoisotopic (exact) mass is 499 g/mol. The molecule has 1 saturated heterocycles. The van der Waals surface area contributed by atoms with Gasteiger partial charge in [0.1, 0.15) is 12.0 Å². The van der Waals surface area contributed by atoms with Gasteiger partial charge in [-0.1, -0.05) is 30.3 Å². The smallest absolute Gasteiger partial charge is 0.543 e. The van der Waals surface area contributed by atoms with Gasteiger partial charge in [0, 0.05) is 18.2 Å². The predicted molar refractivity (Wildman–Crippen MR) is 113 cm³/mol. The number of carbonyl (C=O) groups is 5. The summed E-state index contributed by atoms with van der Waals surface area (Å²) < 4.78 is 9.77. The number of thioether (sulfide) groups is 1. The molecule has 3 rings (SSSR count). The van der Waals surface area contributed by atoms with Crippen molar-refractivity contribution in [1.29, 1.82) is 0 Å². The number of carboxylic acid groups (broad SMARTS) is 1. The van der Waals surface area contributed by atoms with Crippen LogP contribution in [-0.4, -0.2) is 64.7 Å². The van der Waals surface area contributed by atoms with Crippen LogP contribution in [0, 0.1) is 0 Å². The molecule has 0 aliphatic carbocycles. The van der Waals surface area contributed by atoms with E-state index in [2.05, 4.69) is 10.6 Å². The van der Waals surface area contributed by atoms with Gasteiger partial charge in [0.15, 0.2) is 0 Å². The summed E-state index contributed by atoms with van der Waals surface area (Å²) in [6.07, 6.45) is -1.02. The van der Waals surface area contributed by atoms with Crippen LogP contribution < -0.4 is 45.3 Å². The van der Waals surface area contributed by atoms with Gasteiger partial charge in [0.05, 0.1) is 24.7 Å². The fourth-order valence-electron chi connectivity index (χ4n) is 3.54. The number of aliphatic carboxylic acids is 1. The average Bonchev–Trinajstić information content (AvgIpc) is 2.76. The Bertz CT molecular complexity index is 1020. The maximum atomic E-state index is 13.2. The van der Waals surface area contributed by atoms with Crippen molar-refractivity contribution in [1.82, 2.24) is 15.5 Å². The summed E-state index contributed by atoms with van der Waals surface area (Å²) in [5, 5.41) is 15.8. The topological polar surface area (TPSA) is 154 Å². The minimum Gasteiger partial charge on any atom is -0.543 e. The summed E-state index contributed by atoms with van der Waals surface area (Å²) in [7, 11) is 0. The Labute approximate surface area is 221 Å². The second-order valence-corrected chi connectivity index (χ2v) is 8.29. The molecule has 0 radical (unpaired) electrons. The third-order valence-corrected chi connectivity index (χ3v) is 6.31. The van der Waals surface area contributed by atoms with E-state index in [4.69, 9.17) is 9.47 Å². The van der Waals surface area contributed by atoms with E-state index < -0.39 is 46.6 Å². The summed E-state index contributed by atoms with van der Waals surface area (Å²) in [4.78, 5) is 62.1. The number of alkyl carbamates (subject to hydrolysis) is 1. The first kappa shape index (κ1) is 27.7. The molecule has 2 aliphatic rings. The number of rotatable bonds is 8. The number of nitrogens with zero attached hydrogens (tertiary/aromatic N) is 1. The number of hydrogen-bond donors (Lipinski definition) is 2. The third kappa shape index (κ3) is 5.74. The molecule has 1 aromatic rings. The molecule has 0 unspecified atom stereocenters. The zero-order chi connectivity index (χ0) is 24.2. The number of fused-ring (bicyclic) bond motifs is 1. The van der Waals surface area contributed by atoms with Gasteiger partial charge in [0.2, 0.25) is 11.6 Å². The first-order chi connectivity index (χ1) is 15.7. The quantitative estimate of drug-likeness (QED) is 0.159. The summed E-state index contributed by atoms with van der Waals surface area (Å²) >= 11 is 1.09. The Hall–Kier alpha value is -2.54. The molecule has 2 N–H and O–H groups in total. The Morgan fingerprint density at radius 2 is 1.85 bits per heavy atom. The van der Waals surface area contributed by atoms with E-state index in [-0.39, 0.29) is 60.5 Å². The Morgan fingerprint density at radius 1 is 1.18 bits per heavy atom. The van der Waals surface area contributed by atoms with Gasteiger partial charge in [-0.2, -0.15) is 0 Å². The molecule has 1 fully saturated rings. The molecule has 0 aromatic heterocycles. The van der Waals surface area contributed by atoms with Crippen LogP contribution in [0.15, 0.2) is 41.6 Å². The van der Waals surface area contributed by atoms with E-state index in [0.717, 1.165) is 16.7 Å². The van der Waals surface area contributed by atoms with Crippen LogP contribution in [0.3, 0.4) is 0 Å². The minimum absolute atomic E-state index is 0. The molecule has 0 spiro atoms. The number of carboxylic acids is 1. The third-order valence-electron chi connectivity index (χ3n) is 4.91. The van der Waals surface area contributed by atoms with Crippen molar-refractivity contribution in [3.05, 3.63) is 47.2 Å². The number of esters is 1. The molecule has 2 heterocycles. The first-order valence-corrected chi connectivity index (χ1v) is 11.1. The van der Waals surface area contributed by atoms with Crippen molar-refractivity contribution >= 4 is 41.6 Å². The second kappa shape index (κ2) is 11.7. The molecular formula is C21H22N3NaO8S. The van der Waals surface area contributed by atoms with Gasteiger partial charge in [-0.05, 0) is 12.5 Å². The Balaban J connectivity index is 0.00000408. The van der Waals surface area contributed by atoms with Gasteiger partial charge in [0.25, 0.3) is 5.91 Å². The summed E-state index contributed by atoms with van der Waals surface area (Å²) in [6, 6.07) is 8.76. The van der Waals surface area contributed by atoms with Gasteiger partial charge in [-0.15, -0.1) is 11.8 Å². The number of ether oxygens (including phenoxy) is 2. The average molecular weight is 499 g/mol. The number of hydrogen-bond acceptors (Lipinski definition) is 9. The molecule has 13 heteroatoms. The van der Waals surface area contributed by atoms with Crippen molar-refractivity contribution in [2.45, 2.75) is 31.3 Å². The normalized spacial score (nSPS) is 20.8. The van der Waals surface area contributed by atoms with Crippen molar-refractivity contribution < 1.29 is 68.1 Å². The Kier molecular flexibility index (Phi) is 9.56. The van der Waals surface area contributed by atoms with E-state index in [1.165, 1.54) is 6.92 Å². The van der Waals surface area contributed by atoms with Crippen molar-refractivity contribution in [3.63, 3.8) is 0 Å². The van der Waals surface area contributed by atoms with Crippen LogP contribution >= 0.6 is 11.8 Å². The van der Waals surface area contributed by atoms with Crippen molar-refractivity contribution in [3.8, 4) is 0 Å². The molecule has 11 nitrogen and oxygen atoms in total. The fraction of sp³-hybridized carbons (Fsp3) is 0.381. The van der Waals surface area contributed by atoms with Crippen LogP contribution in [0.2, 0.25) is 0 Å². The van der Waals surface area contributed by atoms with Gasteiger partial charge >= 0.3 is 41.6 Å². The molecule has 0 saturated carbocycles. The van der Waals surface area contributed by atoms with E-state index in [1.54, 1.807) is 37.3 Å². The summed E-state index contributed by atoms with van der Waals surface area (Å²) in [5.74, 6) is -3.64. The SMILES string of the molecule is CCOC(=O)N[C@@]1(NC(=O)Cc2ccccc2)C(=O)N2C(C(=O)[O-])=C(COC(C)=O)CS[C@@H]21.[Na+]. The molecule has 0 bridgehead atoms. The van der Waals surface area contributed by atoms with Crippen LogP contribution in [0.25, 0.3) is 0 Å². The number of amides is 3. The number of benzene rings is 1. The Morgan fingerprint density at radius 3 is 2.44 bits per heavy atom. The molecule has 2 aliphatic heterocycles. The van der Waals surface area contributed by atoms with Crippen LogP contribution in [0.4, 0.5) is 4.79 Å². The number of β-lactam (4-membered cyclic amide) rings is 1.